The summed E-state index contributed by atoms with van der Waals surface area (Å²) in [4.78, 5) is 16.0. The molecule has 0 fully saturated rings. The fraction of sp³-hybridized carbons (Fsp3) is 0.200. The number of hydrogen-bond acceptors (Lipinski definition) is 2. The van der Waals surface area contributed by atoms with Crippen LogP contribution in [0.4, 0.5) is 0 Å². The Morgan fingerprint density at radius 2 is 2.46 bits per heavy atom. The standard InChI is InChI=1S/C10H12NO2/c1-3-9-7-5-6-8-11(9)13-10(12)4-2/h3,5-8H,1,4H2,2H3/q+1. The van der Waals surface area contributed by atoms with Crippen LogP contribution in [0.2, 0.25) is 0 Å². The molecule has 1 rings (SSSR count). The van der Waals surface area contributed by atoms with E-state index in [4.69, 9.17) is 4.84 Å². The second-order valence-corrected chi connectivity index (χ2v) is 2.47. The summed E-state index contributed by atoms with van der Waals surface area (Å²) < 4.78 is 1.40. The maximum atomic E-state index is 11.0. The van der Waals surface area contributed by atoms with Crippen LogP contribution >= 0.6 is 0 Å². The third-order valence-corrected chi connectivity index (χ3v) is 1.55. The fourth-order valence-electron chi connectivity index (χ4n) is 0.857. The van der Waals surface area contributed by atoms with E-state index < -0.39 is 0 Å². The zero-order valence-electron chi connectivity index (χ0n) is 7.56. The minimum absolute atomic E-state index is 0.265. The van der Waals surface area contributed by atoms with Crippen molar-refractivity contribution in [3.05, 3.63) is 36.7 Å². The van der Waals surface area contributed by atoms with Gasteiger partial charge < -0.3 is 0 Å². The van der Waals surface area contributed by atoms with Gasteiger partial charge in [-0.05, 0) is 6.07 Å². The smallest absolute Gasteiger partial charge is 0.245 e. The van der Waals surface area contributed by atoms with Crippen LogP contribution < -0.4 is 9.57 Å². The molecule has 0 atom stereocenters. The Bertz CT molecular complexity index is 320. The Morgan fingerprint density at radius 3 is 3.08 bits per heavy atom. The number of pyridine rings is 1. The van der Waals surface area contributed by atoms with Crippen LogP contribution in [0.15, 0.2) is 31.0 Å². The number of carbonyl (C=O) groups is 1. The van der Waals surface area contributed by atoms with Crippen molar-refractivity contribution in [1.29, 1.82) is 0 Å². The average molecular weight is 178 g/mol. The molecule has 0 N–H and O–H groups in total. The van der Waals surface area contributed by atoms with Crippen molar-refractivity contribution in [3.8, 4) is 0 Å². The first-order valence-electron chi connectivity index (χ1n) is 4.12. The minimum Gasteiger partial charge on any atom is -0.245 e. The van der Waals surface area contributed by atoms with Crippen LogP contribution in [-0.4, -0.2) is 5.97 Å². The average Bonchev–Trinajstić information content (AvgIpc) is 2.18. The molecule has 0 aliphatic carbocycles. The van der Waals surface area contributed by atoms with Crippen molar-refractivity contribution < 1.29 is 14.4 Å². The number of nitrogens with zero attached hydrogens (tertiary/aromatic N) is 1. The van der Waals surface area contributed by atoms with Gasteiger partial charge in [0.1, 0.15) is 0 Å². The molecular weight excluding hydrogens is 166 g/mol. The summed E-state index contributed by atoms with van der Waals surface area (Å²) in [5.74, 6) is -0.265. The first kappa shape index (κ1) is 9.45. The Balaban J connectivity index is 2.87. The van der Waals surface area contributed by atoms with Crippen LogP contribution in [-0.2, 0) is 4.79 Å². The number of hydrogen-bond donors (Lipinski definition) is 0. The van der Waals surface area contributed by atoms with E-state index >= 15 is 0 Å². The first-order valence-corrected chi connectivity index (χ1v) is 4.12. The number of carbonyl (C=O) groups excluding carboxylic acids is 1. The van der Waals surface area contributed by atoms with Crippen LogP contribution in [0, 0.1) is 0 Å². The molecule has 0 radical (unpaired) electrons. The molecule has 0 bridgehead atoms. The molecule has 1 aromatic rings. The molecule has 0 unspecified atom stereocenters. The van der Waals surface area contributed by atoms with Crippen LogP contribution in [0.1, 0.15) is 19.0 Å². The summed E-state index contributed by atoms with van der Waals surface area (Å²) in [7, 11) is 0. The van der Waals surface area contributed by atoms with Gasteiger partial charge in [0.2, 0.25) is 6.20 Å². The zero-order valence-corrected chi connectivity index (χ0v) is 7.56. The molecule has 0 amide bonds. The lowest BCUT2D eigenvalue weighted by atomic mass is 10.3. The highest BCUT2D eigenvalue weighted by molar-refractivity contribution is 5.68. The fourth-order valence-corrected chi connectivity index (χ4v) is 0.857. The maximum absolute atomic E-state index is 11.0. The van der Waals surface area contributed by atoms with Crippen LogP contribution in [0.5, 0.6) is 0 Å². The Kier molecular flexibility index (Phi) is 3.20. The van der Waals surface area contributed by atoms with E-state index in [0.29, 0.717) is 6.42 Å². The second-order valence-electron chi connectivity index (χ2n) is 2.47. The van der Waals surface area contributed by atoms with E-state index in [1.165, 1.54) is 4.73 Å². The minimum atomic E-state index is -0.265. The molecule has 0 aliphatic rings. The molecule has 0 saturated heterocycles. The second kappa shape index (κ2) is 4.40. The van der Waals surface area contributed by atoms with Gasteiger partial charge in [0, 0.05) is 29.4 Å². The summed E-state index contributed by atoms with van der Waals surface area (Å²) in [5.41, 5.74) is 0.754. The predicted molar refractivity (Wildman–Crippen MR) is 48.6 cm³/mol. The first-order chi connectivity index (χ1) is 6.27. The summed E-state index contributed by atoms with van der Waals surface area (Å²) in [6.07, 6.45) is 3.66. The highest BCUT2D eigenvalue weighted by atomic mass is 16.7. The molecule has 0 aromatic carbocycles. The van der Waals surface area contributed by atoms with Crippen molar-refractivity contribution in [2.24, 2.45) is 0 Å². The lowest BCUT2D eigenvalue weighted by molar-refractivity contribution is -0.870. The topological polar surface area (TPSA) is 30.2 Å². The molecule has 0 spiro atoms. The molecule has 68 valence electrons. The summed E-state index contributed by atoms with van der Waals surface area (Å²) >= 11 is 0. The van der Waals surface area contributed by atoms with Gasteiger partial charge in [0.15, 0.2) is 0 Å². The van der Waals surface area contributed by atoms with Gasteiger partial charge in [-0.15, -0.1) is 0 Å². The molecule has 0 saturated carbocycles. The largest absolute Gasteiger partial charge is 0.380 e. The molecule has 13 heavy (non-hydrogen) atoms. The Labute approximate surface area is 77.2 Å². The highest BCUT2D eigenvalue weighted by Crippen LogP contribution is 1.91. The highest BCUT2D eigenvalue weighted by Gasteiger charge is 2.11. The molecular formula is C10H12NO2+. The van der Waals surface area contributed by atoms with Gasteiger partial charge in [-0.3, -0.25) is 0 Å². The van der Waals surface area contributed by atoms with E-state index in [1.807, 2.05) is 12.1 Å². The Hall–Kier alpha value is -1.64. The lowest BCUT2D eigenvalue weighted by Crippen LogP contribution is -2.47. The van der Waals surface area contributed by atoms with Gasteiger partial charge >= 0.3 is 5.97 Å². The third-order valence-electron chi connectivity index (χ3n) is 1.55. The van der Waals surface area contributed by atoms with Gasteiger partial charge in [-0.25, -0.2) is 4.79 Å². The monoisotopic (exact) mass is 178 g/mol. The molecule has 1 heterocycles. The summed E-state index contributed by atoms with van der Waals surface area (Å²) in [5, 5.41) is 0. The number of rotatable bonds is 3. The maximum Gasteiger partial charge on any atom is 0.380 e. The van der Waals surface area contributed by atoms with E-state index in [2.05, 4.69) is 6.58 Å². The van der Waals surface area contributed by atoms with Crippen LogP contribution in [0.25, 0.3) is 6.08 Å². The van der Waals surface area contributed by atoms with Crippen molar-refractivity contribution in [1.82, 2.24) is 0 Å². The third kappa shape index (κ3) is 2.40. The summed E-state index contributed by atoms with van der Waals surface area (Å²) in [6, 6.07) is 5.46. The SMILES string of the molecule is C=Cc1cccc[n+]1OC(=O)CC. The molecule has 0 aliphatic heterocycles. The Morgan fingerprint density at radius 1 is 1.69 bits per heavy atom. The lowest BCUT2D eigenvalue weighted by Gasteiger charge is -1.95. The van der Waals surface area contributed by atoms with Gasteiger partial charge in [0.25, 0.3) is 5.69 Å². The number of aromatic nitrogens is 1. The van der Waals surface area contributed by atoms with Crippen molar-refractivity contribution >= 4 is 12.0 Å². The van der Waals surface area contributed by atoms with Crippen molar-refractivity contribution in [3.63, 3.8) is 0 Å². The molecule has 1 aromatic heterocycles. The summed E-state index contributed by atoms with van der Waals surface area (Å²) in [6.45, 7) is 5.36. The predicted octanol–water partition coefficient (Wildman–Crippen LogP) is 0.982. The van der Waals surface area contributed by atoms with Gasteiger partial charge in [-0.2, -0.15) is 4.84 Å². The van der Waals surface area contributed by atoms with Crippen molar-refractivity contribution in [2.75, 3.05) is 0 Å². The van der Waals surface area contributed by atoms with Crippen molar-refractivity contribution in [2.45, 2.75) is 13.3 Å². The van der Waals surface area contributed by atoms with Gasteiger partial charge in [0.05, 0.1) is 0 Å². The van der Waals surface area contributed by atoms with Gasteiger partial charge in [-0.1, -0.05) is 13.5 Å². The van der Waals surface area contributed by atoms with Crippen LogP contribution in [0.3, 0.4) is 0 Å². The van der Waals surface area contributed by atoms with E-state index in [-0.39, 0.29) is 5.97 Å². The normalized spacial score (nSPS) is 9.31. The van der Waals surface area contributed by atoms with E-state index in [1.54, 1.807) is 25.3 Å². The van der Waals surface area contributed by atoms with E-state index in [0.717, 1.165) is 5.69 Å². The molecule has 3 heteroatoms. The van der Waals surface area contributed by atoms with E-state index in [9.17, 15) is 4.79 Å². The quantitative estimate of drug-likeness (QED) is 0.646. The zero-order chi connectivity index (χ0) is 9.68. The molecule has 3 nitrogen and oxygen atoms in total.